The summed E-state index contributed by atoms with van der Waals surface area (Å²) in [5.74, 6) is -0.106. The predicted molar refractivity (Wildman–Crippen MR) is 92.7 cm³/mol. The van der Waals surface area contributed by atoms with Gasteiger partial charge in [-0.3, -0.25) is 9.78 Å². The summed E-state index contributed by atoms with van der Waals surface area (Å²) in [4.78, 5) is 15.7. The molecule has 0 unspecified atom stereocenters. The molecule has 1 saturated heterocycles. The Kier molecular flexibility index (Phi) is 5.59. The number of hydrogen-bond acceptors (Lipinski definition) is 7. The van der Waals surface area contributed by atoms with Crippen LogP contribution in [0.25, 0.3) is 10.9 Å². The summed E-state index contributed by atoms with van der Waals surface area (Å²) in [6.07, 6.45) is -3.40. The SMILES string of the molecule is CC(=O)N[C@@H]1[C@H](Oc2ccc(Cl)c3cccnc23)O[C@H](CO)[C@H](O)[C@@H]1O. The molecule has 0 spiro atoms. The molecule has 26 heavy (non-hydrogen) atoms. The minimum absolute atomic E-state index is 0.325. The Morgan fingerprint density at radius 1 is 1.35 bits per heavy atom. The highest BCUT2D eigenvalue weighted by molar-refractivity contribution is 6.35. The van der Waals surface area contributed by atoms with Gasteiger partial charge in [-0.2, -0.15) is 0 Å². The first-order valence-corrected chi connectivity index (χ1v) is 8.39. The minimum Gasteiger partial charge on any atom is -0.460 e. The summed E-state index contributed by atoms with van der Waals surface area (Å²) in [6.45, 7) is 0.748. The first kappa shape index (κ1) is 18.8. The number of aromatic nitrogens is 1. The van der Waals surface area contributed by atoms with Gasteiger partial charge in [-0.15, -0.1) is 0 Å². The van der Waals surface area contributed by atoms with Crippen molar-refractivity contribution < 1.29 is 29.6 Å². The summed E-state index contributed by atoms with van der Waals surface area (Å²) >= 11 is 6.17. The molecule has 0 radical (unpaired) electrons. The maximum Gasteiger partial charge on any atom is 0.223 e. The lowest BCUT2D eigenvalue weighted by molar-refractivity contribution is -0.244. The van der Waals surface area contributed by atoms with E-state index in [0.717, 1.165) is 0 Å². The van der Waals surface area contributed by atoms with Crippen molar-refractivity contribution in [3.63, 3.8) is 0 Å². The first-order chi connectivity index (χ1) is 12.4. The second-order valence-corrected chi connectivity index (χ2v) is 6.40. The van der Waals surface area contributed by atoms with Crippen molar-refractivity contribution in [2.45, 2.75) is 37.6 Å². The number of carbonyl (C=O) groups excluding carboxylic acids is 1. The zero-order valence-corrected chi connectivity index (χ0v) is 14.6. The molecule has 140 valence electrons. The molecule has 5 atom stereocenters. The number of benzene rings is 1. The molecule has 2 heterocycles. The topological polar surface area (TPSA) is 121 Å². The molecule has 8 nitrogen and oxygen atoms in total. The number of ether oxygens (including phenoxy) is 2. The van der Waals surface area contributed by atoms with Crippen LogP contribution < -0.4 is 10.1 Å². The van der Waals surface area contributed by atoms with Gasteiger partial charge in [0.05, 0.1) is 11.6 Å². The van der Waals surface area contributed by atoms with Crippen LogP contribution in [-0.2, 0) is 9.53 Å². The lowest BCUT2D eigenvalue weighted by atomic mass is 9.97. The van der Waals surface area contributed by atoms with Crippen LogP contribution in [0, 0.1) is 0 Å². The maximum absolute atomic E-state index is 11.5. The van der Waals surface area contributed by atoms with Gasteiger partial charge in [0, 0.05) is 18.5 Å². The van der Waals surface area contributed by atoms with Crippen LogP contribution in [0.3, 0.4) is 0 Å². The molecule has 1 fully saturated rings. The van der Waals surface area contributed by atoms with Gasteiger partial charge in [-0.1, -0.05) is 11.6 Å². The number of aliphatic hydroxyl groups excluding tert-OH is 3. The number of aliphatic hydroxyl groups is 3. The Bertz CT molecular complexity index is 804. The maximum atomic E-state index is 11.5. The molecule has 1 aromatic carbocycles. The van der Waals surface area contributed by atoms with Gasteiger partial charge in [0.15, 0.2) is 0 Å². The van der Waals surface area contributed by atoms with Crippen LogP contribution in [0.15, 0.2) is 30.5 Å². The number of pyridine rings is 1. The Morgan fingerprint density at radius 2 is 2.12 bits per heavy atom. The molecule has 2 aromatic rings. The van der Waals surface area contributed by atoms with E-state index in [-0.39, 0.29) is 0 Å². The lowest BCUT2D eigenvalue weighted by Crippen LogP contribution is -2.65. The van der Waals surface area contributed by atoms with Gasteiger partial charge in [0.25, 0.3) is 0 Å². The van der Waals surface area contributed by atoms with Crippen molar-refractivity contribution in [3.8, 4) is 5.75 Å². The molecule has 1 aliphatic heterocycles. The van der Waals surface area contributed by atoms with Crippen molar-refractivity contribution in [1.82, 2.24) is 10.3 Å². The Labute approximate surface area is 154 Å². The summed E-state index contributed by atoms with van der Waals surface area (Å²) in [5.41, 5.74) is 0.478. The van der Waals surface area contributed by atoms with Gasteiger partial charge >= 0.3 is 0 Å². The number of amides is 1. The minimum atomic E-state index is -1.39. The molecule has 0 aliphatic carbocycles. The largest absolute Gasteiger partial charge is 0.460 e. The average Bonchev–Trinajstić information content (AvgIpc) is 2.63. The highest BCUT2D eigenvalue weighted by atomic mass is 35.5. The van der Waals surface area contributed by atoms with Crippen molar-refractivity contribution >= 4 is 28.4 Å². The van der Waals surface area contributed by atoms with E-state index in [2.05, 4.69) is 10.3 Å². The lowest BCUT2D eigenvalue weighted by Gasteiger charge is -2.42. The highest BCUT2D eigenvalue weighted by Crippen LogP contribution is 2.32. The standard InChI is InChI=1S/C17H19ClN2O6/c1-8(22)20-14-16(24)15(23)12(7-21)26-17(14)25-11-5-4-10(18)9-3-2-6-19-13(9)11/h2-6,12,14-17,21,23-24H,7H2,1H3,(H,20,22)/t12-,14+,15+,16-,17-/m1/s1. The van der Waals surface area contributed by atoms with Crippen LogP contribution in [-0.4, -0.2) is 63.5 Å². The van der Waals surface area contributed by atoms with Crippen LogP contribution in [0.2, 0.25) is 5.02 Å². The monoisotopic (exact) mass is 382 g/mol. The van der Waals surface area contributed by atoms with Gasteiger partial charge < -0.3 is 30.1 Å². The smallest absolute Gasteiger partial charge is 0.223 e. The van der Waals surface area contributed by atoms with E-state index in [1.807, 2.05) is 0 Å². The average molecular weight is 383 g/mol. The van der Waals surface area contributed by atoms with Crippen LogP contribution in [0.5, 0.6) is 5.75 Å². The second-order valence-electron chi connectivity index (χ2n) is 6.00. The third kappa shape index (κ3) is 3.60. The van der Waals surface area contributed by atoms with Gasteiger partial charge in [-0.25, -0.2) is 0 Å². The summed E-state index contributed by atoms with van der Waals surface area (Å²) < 4.78 is 11.4. The van der Waals surface area contributed by atoms with E-state index in [4.69, 9.17) is 21.1 Å². The zero-order valence-electron chi connectivity index (χ0n) is 13.9. The molecule has 4 N–H and O–H groups in total. The number of nitrogens with one attached hydrogen (secondary N) is 1. The van der Waals surface area contributed by atoms with Crippen molar-refractivity contribution in [1.29, 1.82) is 0 Å². The van der Waals surface area contributed by atoms with Crippen molar-refractivity contribution in [2.75, 3.05) is 6.61 Å². The van der Waals surface area contributed by atoms with E-state index in [1.54, 1.807) is 30.5 Å². The predicted octanol–water partition coefficient (Wildman–Crippen LogP) is 0.211. The van der Waals surface area contributed by atoms with E-state index < -0.39 is 43.2 Å². The fourth-order valence-electron chi connectivity index (χ4n) is 2.90. The van der Waals surface area contributed by atoms with Gasteiger partial charge in [0.2, 0.25) is 12.2 Å². The van der Waals surface area contributed by atoms with Crippen LogP contribution in [0.4, 0.5) is 0 Å². The Morgan fingerprint density at radius 3 is 2.81 bits per heavy atom. The molecule has 1 aliphatic rings. The molecular weight excluding hydrogens is 364 g/mol. The van der Waals surface area contributed by atoms with Gasteiger partial charge in [0.1, 0.15) is 35.6 Å². The summed E-state index contributed by atoms with van der Waals surface area (Å²) in [5, 5.41) is 33.4. The third-order valence-electron chi connectivity index (χ3n) is 4.17. The first-order valence-electron chi connectivity index (χ1n) is 8.02. The number of nitrogens with zero attached hydrogens (tertiary/aromatic N) is 1. The van der Waals surface area contributed by atoms with E-state index in [9.17, 15) is 20.1 Å². The molecular formula is C17H19ClN2O6. The molecule has 3 rings (SSSR count). The highest BCUT2D eigenvalue weighted by Gasteiger charge is 2.46. The number of halogens is 1. The normalized spacial score (nSPS) is 28.7. The van der Waals surface area contributed by atoms with Crippen molar-refractivity contribution in [2.24, 2.45) is 0 Å². The molecule has 9 heteroatoms. The van der Waals surface area contributed by atoms with Crippen LogP contribution >= 0.6 is 11.6 Å². The molecule has 1 amide bonds. The molecule has 0 saturated carbocycles. The van der Waals surface area contributed by atoms with E-state index >= 15 is 0 Å². The fourth-order valence-corrected chi connectivity index (χ4v) is 3.12. The number of hydrogen-bond donors (Lipinski definition) is 4. The zero-order chi connectivity index (χ0) is 18.8. The van der Waals surface area contributed by atoms with Crippen LogP contribution in [0.1, 0.15) is 6.92 Å². The number of fused-ring (bicyclic) bond motifs is 1. The number of carbonyl (C=O) groups is 1. The second kappa shape index (κ2) is 7.73. The molecule has 0 bridgehead atoms. The summed E-state index contributed by atoms with van der Waals surface area (Å²) in [7, 11) is 0. The Balaban J connectivity index is 1.95. The van der Waals surface area contributed by atoms with Gasteiger partial charge in [-0.05, 0) is 24.3 Å². The van der Waals surface area contributed by atoms with Crippen molar-refractivity contribution in [3.05, 3.63) is 35.5 Å². The fraction of sp³-hybridized carbons (Fsp3) is 0.412. The quantitative estimate of drug-likeness (QED) is 0.596. The Hall–Kier alpha value is -1.97. The summed E-state index contributed by atoms with van der Waals surface area (Å²) in [6, 6.07) is 5.69. The third-order valence-corrected chi connectivity index (χ3v) is 4.50. The number of rotatable bonds is 4. The van der Waals surface area contributed by atoms with E-state index in [1.165, 1.54) is 6.92 Å². The van der Waals surface area contributed by atoms with E-state index in [0.29, 0.717) is 21.7 Å². The molecule has 1 aromatic heterocycles.